The quantitative estimate of drug-likeness (QED) is 0.710. The van der Waals surface area contributed by atoms with Crippen LogP contribution < -0.4 is 5.32 Å². The van der Waals surface area contributed by atoms with Crippen molar-refractivity contribution in [3.05, 3.63) is 29.8 Å². The van der Waals surface area contributed by atoms with E-state index in [1.165, 1.54) is 4.31 Å². The van der Waals surface area contributed by atoms with E-state index in [1.807, 2.05) is 6.92 Å². The summed E-state index contributed by atoms with van der Waals surface area (Å²) in [5.41, 5.74) is 0.965. The van der Waals surface area contributed by atoms with Gasteiger partial charge >= 0.3 is 5.97 Å². The summed E-state index contributed by atoms with van der Waals surface area (Å²) in [6.07, 6.45) is 0.858. The molecule has 0 saturated carbocycles. The molecule has 1 amide bonds. The van der Waals surface area contributed by atoms with Crippen molar-refractivity contribution in [2.45, 2.75) is 57.6 Å². The second-order valence-electron chi connectivity index (χ2n) is 7.22. The largest absolute Gasteiger partial charge is 0.463 e. The van der Waals surface area contributed by atoms with Crippen molar-refractivity contribution in [2.24, 2.45) is 5.92 Å². The molecule has 1 aliphatic heterocycles. The van der Waals surface area contributed by atoms with Gasteiger partial charge in [-0.15, -0.1) is 0 Å². The first-order valence-electron chi connectivity index (χ1n) is 9.19. The number of sulfonamides is 1. The normalized spacial score (nSPS) is 19.1. The van der Waals surface area contributed by atoms with Crippen LogP contribution in [0, 0.1) is 12.8 Å². The number of nitrogens with one attached hydrogen (secondary N) is 1. The number of hydrogen-bond donors (Lipinski definition) is 1. The Morgan fingerprint density at radius 2 is 1.85 bits per heavy atom. The van der Waals surface area contributed by atoms with Crippen LogP contribution in [0.4, 0.5) is 0 Å². The number of amides is 1. The Balaban J connectivity index is 2.03. The van der Waals surface area contributed by atoms with Gasteiger partial charge in [0.15, 0.2) is 0 Å². The number of hydrogen-bond acceptors (Lipinski definition) is 5. The molecular weight excluding hydrogens is 368 g/mol. The van der Waals surface area contributed by atoms with Crippen LogP contribution in [0.5, 0.6) is 0 Å². The number of carbonyl (C=O) groups excluding carboxylic acids is 2. The number of nitrogens with zero attached hydrogens (tertiary/aromatic N) is 1. The predicted octanol–water partition coefficient (Wildman–Crippen LogP) is 1.85. The van der Waals surface area contributed by atoms with Gasteiger partial charge in [0.25, 0.3) is 0 Å². The Morgan fingerprint density at radius 3 is 2.44 bits per heavy atom. The van der Waals surface area contributed by atoms with Gasteiger partial charge < -0.3 is 10.1 Å². The molecule has 1 saturated heterocycles. The highest BCUT2D eigenvalue weighted by Gasteiger charge is 2.39. The maximum absolute atomic E-state index is 12.9. The fourth-order valence-electron chi connectivity index (χ4n) is 2.94. The zero-order valence-corrected chi connectivity index (χ0v) is 17.1. The molecule has 1 aromatic rings. The molecule has 1 fully saturated rings. The van der Waals surface area contributed by atoms with Gasteiger partial charge in [0.2, 0.25) is 15.9 Å². The predicted molar refractivity (Wildman–Crippen MR) is 101 cm³/mol. The minimum atomic E-state index is -3.74. The van der Waals surface area contributed by atoms with Gasteiger partial charge in [0, 0.05) is 13.1 Å². The van der Waals surface area contributed by atoms with Crippen LogP contribution in [0.25, 0.3) is 0 Å². The van der Waals surface area contributed by atoms with Crippen molar-refractivity contribution in [1.82, 2.24) is 9.62 Å². The molecule has 27 heavy (non-hydrogen) atoms. The fraction of sp³-hybridized carbons (Fsp3) is 0.579. The Labute approximate surface area is 161 Å². The van der Waals surface area contributed by atoms with Crippen molar-refractivity contribution < 1.29 is 22.7 Å². The zero-order valence-electron chi connectivity index (χ0n) is 16.3. The monoisotopic (exact) mass is 396 g/mol. The highest BCUT2D eigenvalue weighted by Crippen LogP contribution is 2.26. The standard InChI is InChI=1S/C19H28N2O5S/c1-13(2)26-19(23)15(4)12-20-18(22)17-6-5-11-21(17)27(24,25)16-9-7-14(3)8-10-16/h7-10,13,15,17H,5-6,11-12H2,1-4H3,(H,20,22)/t15-,17+/m1/s1. The molecule has 7 nitrogen and oxygen atoms in total. The highest BCUT2D eigenvalue weighted by atomic mass is 32.2. The molecule has 1 N–H and O–H groups in total. The van der Waals surface area contributed by atoms with Crippen molar-refractivity contribution in [3.8, 4) is 0 Å². The van der Waals surface area contributed by atoms with E-state index in [0.29, 0.717) is 19.4 Å². The molecule has 0 aliphatic carbocycles. The lowest BCUT2D eigenvalue weighted by Gasteiger charge is -2.24. The number of aryl methyl sites for hydroxylation is 1. The first-order valence-corrected chi connectivity index (χ1v) is 10.6. The van der Waals surface area contributed by atoms with E-state index in [1.54, 1.807) is 45.0 Å². The Morgan fingerprint density at radius 1 is 1.22 bits per heavy atom. The maximum atomic E-state index is 12.9. The Bertz CT molecular complexity index is 774. The summed E-state index contributed by atoms with van der Waals surface area (Å²) >= 11 is 0. The van der Waals surface area contributed by atoms with Crippen LogP contribution in [-0.4, -0.2) is 49.8 Å². The minimum Gasteiger partial charge on any atom is -0.463 e. The van der Waals surface area contributed by atoms with E-state index in [2.05, 4.69) is 5.32 Å². The van der Waals surface area contributed by atoms with Crippen LogP contribution in [0.1, 0.15) is 39.2 Å². The van der Waals surface area contributed by atoms with E-state index in [4.69, 9.17) is 4.74 Å². The summed E-state index contributed by atoms with van der Waals surface area (Å²) in [5, 5.41) is 2.70. The van der Waals surface area contributed by atoms with Gasteiger partial charge in [0.05, 0.1) is 16.9 Å². The lowest BCUT2D eigenvalue weighted by atomic mass is 10.1. The third kappa shape index (κ3) is 5.29. The van der Waals surface area contributed by atoms with Gasteiger partial charge in [0.1, 0.15) is 6.04 Å². The van der Waals surface area contributed by atoms with E-state index in [-0.39, 0.29) is 29.4 Å². The van der Waals surface area contributed by atoms with Gasteiger partial charge in [-0.2, -0.15) is 4.31 Å². The number of carbonyl (C=O) groups is 2. The average Bonchev–Trinajstić information content (AvgIpc) is 3.09. The SMILES string of the molecule is Cc1ccc(S(=O)(=O)N2CCC[C@H]2C(=O)NC[C@@H](C)C(=O)OC(C)C)cc1. The molecule has 1 aliphatic rings. The Hall–Kier alpha value is -1.93. The van der Waals surface area contributed by atoms with Gasteiger partial charge in [-0.05, 0) is 45.7 Å². The van der Waals surface area contributed by atoms with Crippen LogP contribution in [0.2, 0.25) is 0 Å². The molecule has 0 spiro atoms. The zero-order chi connectivity index (χ0) is 20.2. The van der Waals surface area contributed by atoms with Gasteiger partial charge in [-0.3, -0.25) is 9.59 Å². The second-order valence-corrected chi connectivity index (χ2v) is 9.11. The summed E-state index contributed by atoms with van der Waals surface area (Å²) in [5.74, 6) is -1.27. The minimum absolute atomic E-state index is 0.110. The van der Waals surface area contributed by atoms with Crippen molar-refractivity contribution >= 4 is 21.9 Å². The van der Waals surface area contributed by atoms with E-state index >= 15 is 0 Å². The van der Waals surface area contributed by atoms with Crippen molar-refractivity contribution in [2.75, 3.05) is 13.1 Å². The third-order valence-electron chi connectivity index (χ3n) is 4.47. The van der Waals surface area contributed by atoms with E-state index < -0.39 is 22.0 Å². The van der Waals surface area contributed by atoms with Crippen LogP contribution in [0.3, 0.4) is 0 Å². The maximum Gasteiger partial charge on any atom is 0.310 e. The van der Waals surface area contributed by atoms with Gasteiger partial charge in [-0.1, -0.05) is 24.6 Å². The summed E-state index contributed by atoms with van der Waals surface area (Å²) in [6.45, 7) is 7.48. The summed E-state index contributed by atoms with van der Waals surface area (Å²) in [4.78, 5) is 24.6. The number of ether oxygens (including phenoxy) is 1. The molecule has 0 bridgehead atoms. The number of benzene rings is 1. The molecule has 8 heteroatoms. The highest BCUT2D eigenvalue weighted by molar-refractivity contribution is 7.89. The van der Waals surface area contributed by atoms with Crippen molar-refractivity contribution in [3.63, 3.8) is 0 Å². The smallest absolute Gasteiger partial charge is 0.310 e. The van der Waals surface area contributed by atoms with Crippen LogP contribution in [-0.2, 0) is 24.3 Å². The molecule has 0 aromatic heterocycles. The van der Waals surface area contributed by atoms with Crippen molar-refractivity contribution in [1.29, 1.82) is 0 Å². The summed E-state index contributed by atoms with van der Waals surface area (Å²) in [6, 6.07) is 5.83. The second kappa shape index (κ2) is 8.84. The first kappa shape index (κ1) is 21.4. The van der Waals surface area contributed by atoms with Crippen LogP contribution >= 0.6 is 0 Å². The lowest BCUT2D eigenvalue weighted by molar-refractivity contribution is -0.151. The molecule has 0 unspecified atom stereocenters. The molecule has 150 valence electrons. The van der Waals surface area contributed by atoms with E-state index in [9.17, 15) is 18.0 Å². The van der Waals surface area contributed by atoms with Gasteiger partial charge in [-0.25, -0.2) is 8.42 Å². The van der Waals surface area contributed by atoms with Crippen LogP contribution in [0.15, 0.2) is 29.2 Å². The fourth-order valence-corrected chi connectivity index (χ4v) is 4.60. The first-order chi connectivity index (χ1) is 12.6. The summed E-state index contributed by atoms with van der Waals surface area (Å²) < 4.78 is 32.2. The molecule has 2 rings (SSSR count). The molecule has 1 aromatic carbocycles. The number of rotatable bonds is 7. The average molecular weight is 397 g/mol. The molecule has 1 heterocycles. The molecule has 2 atom stereocenters. The molecule has 0 radical (unpaired) electrons. The van der Waals surface area contributed by atoms with E-state index in [0.717, 1.165) is 5.56 Å². The summed E-state index contributed by atoms with van der Waals surface area (Å²) in [7, 11) is -3.74. The Kier molecular flexibility index (Phi) is 7.00. The molecular formula is C19H28N2O5S. The number of esters is 1. The third-order valence-corrected chi connectivity index (χ3v) is 6.39. The lowest BCUT2D eigenvalue weighted by Crippen LogP contribution is -2.47. The topological polar surface area (TPSA) is 92.8 Å².